The lowest BCUT2D eigenvalue weighted by Gasteiger charge is -2.23. The molecule has 1 heterocycles. The first-order valence-corrected chi connectivity index (χ1v) is 13.0. The molecule has 0 bridgehead atoms. The van der Waals surface area contributed by atoms with Gasteiger partial charge in [0.15, 0.2) is 6.61 Å². The molecule has 4 rings (SSSR count). The maximum absolute atomic E-state index is 12.8. The zero-order valence-electron chi connectivity index (χ0n) is 17.5. The Morgan fingerprint density at radius 2 is 1.84 bits per heavy atom. The molecule has 0 saturated heterocycles. The Balaban J connectivity index is 1.37. The number of benzene rings is 2. The van der Waals surface area contributed by atoms with Crippen LogP contribution in [-0.4, -0.2) is 33.0 Å². The number of carbonyl (C=O) groups is 1. The molecule has 1 atom stereocenters. The van der Waals surface area contributed by atoms with Gasteiger partial charge in [-0.15, -0.1) is 0 Å². The van der Waals surface area contributed by atoms with Crippen molar-refractivity contribution in [1.82, 2.24) is 4.72 Å². The number of amides is 1. The van der Waals surface area contributed by atoms with E-state index in [2.05, 4.69) is 20.7 Å². The van der Waals surface area contributed by atoms with Gasteiger partial charge in [0.1, 0.15) is 5.75 Å². The molecule has 166 valence electrons. The van der Waals surface area contributed by atoms with Gasteiger partial charge >= 0.3 is 0 Å². The predicted molar refractivity (Wildman–Crippen MR) is 124 cm³/mol. The Morgan fingerprint density at radius 1 is 1.13 bits per heavy atom. The maximum atomic E-state index is 12.8. The number of fused-ring (bicyclic) bond motifs is 1. The van der Waals surface area contributed by atoms with Crippen molar-refractivity contribution in [1.29, 1.82) is 0 Å². The Labute approximate surface area is 192 Å². The molecule has 2 aliphatic rings. The van der Waals surface area contributed by atoms with E-state index in [1.807, 2.05) is 25.1 Å². The summed E-state index contributed by atoms with van der Waals surface area (Å²) < 4.78 is 34.7. The molecule has 1 N–H and O–H groups in total. The lowest BCUT2D eigenvalue weighted by Crippen LogP contribution is -2.39. The minimum absolute atomic E-state index is 0.0123. The molecule has 8 heteroatoms. The fourth-order valence-electron chi connectivity index (χ4n) is 4.42. The summed E-state index contributed by atoms with van der Waals surface area (Å²) in [5, 5.41) is 0. The Morgan fingerprint density at radius 3 is 2.55 bits per heavy atom. The van der Waals surface area contributed by atoms with Crippen LogP contribution in [0.25, 0.3) is 0 Å². The van der Waals surface area contributed by atoms with Gasteiger partial charge in [-0.05, 0) is 74.2 Å². The summed E-state index contributed by atoms with van der Waals surface area (Å²) in [7, 11) is -3.55. The number of halogens is 1. The van der Waals surface area contributed by atoms with Crippen LogP contribution in [0.15, 0.2) is 51.8 Å². The lowest BCUT2D eigenvalue weighted by molar-refractivity contribution is -0.120. The van der Waals surface area contributed by atoms with E-state index in [1.165, 1.54) is 18.6 Å². The van der Waals surface area contributed by atoms with Gasteiger partial charge in [-0.3, -0.25) is 4.79 Å². The van der Waals surface area contributed by atoms with Crippen molar-refractivity contribution in [3.8, 4) is 5.75 Å². The third-order valence-electron chi connectivity index (χ3n) is 5.95. The van der Waals surface area contributed by atoms with Crippen molar-refractivity contribution in [3.63, 3.8) is 0 Å². The number of hydrogen-bond acceptors (Lipinski definition) is 4. The Hall–Kier alpha value is -1.90. The predicted octanol–water partition coefficient (Wildman–Crippen LogP) is 4.42. The number of carbonyl (C=O) groups excluding carboxylic acids is 1. The second-order valence-electron chi connectivity index (χ2n) is 8.31. The number of nitrogens with zero attached hydrogens (tertiary/aromatic N) is 1. The summed E-state index contributed by atoms with van der Waals surface area (Å²) in [5.74, 6) is 0.345. The summed E-state index contributed by atoms with van der Waals surface area (Å²) in [4.78, 5) is 14.8. The number of rotatable bonds is 6. The number of nitrogens with one attached hydrogen (secondary N) is 1. The normalized spacial score (nSPS) is 19.3. The van der Waals surface area contributed by atoms with Crippen molar-refractivity contribution in [3.05, 3.63) is 52.5 Å². The highest BCUT2D eigenvalue weighted by Crippen LogP contribution is 2.34. The second-order valence-corrected chi connectivity index (χ2v) is 10.9. The van der Waals surface area contributed by atoms with Crippen molar-refractivity contribution >= 4 is 37.5 Å². The summed E-state index contributed by atoms with van der Waals surface area (Å²) in [6.07, 6.45) is 5.87. The van der Waals surface area contributed by atoms with Crippen molar-refractivity contribution < 1.29 is 17.9 Å². The van der Waals surface area contributed by atoms with Gasteiger partial charge in [-0.1, -0.05) is 35.2 Å². The van der Waals surface area contributed by atoms with Crippen molar-refractivity contribution in [2.24, 2.45) is 0 Å². The SMILES string of the molecule is C[C@H]1Cc2cc(Br)ccc2N1C(=O)COc1ccc(S(=O)(=O)NC2CCCCC2)cc1. The third kappa shape index (κ3) is 5.13. The van der Waals surface area contributed by atoms with Gasteiger partial charge in [-0.25, -0.2) is 13.1 Å². The minimum Gasteiger partial charge on any atom is -0.484 e. The highest BCUT2D eigenvalue weighted by Gasteiger charge is 2.31. The summed E-state index contributed by atoms with van der Waals surface area (Å²) in [6.45, 7) is 1.91. The van der Waals surface area contributed by atoms with E-state index in [-0.39, 0.29) is 29.5 Å². The molecule has 2 aromatic rings. The maximum Gasteiger partial charge on any atom is 0.265 e. The molecule has 0 spiro atoms. The van der Waals surface area contributed by atoms with Crippen LogP contribution in [0.1, 0.15) is 44.6 Å². The number of anilines is 1. The zero-order valence-corrected chi connectivity index (χ0v) is 19.9. The topological polar surface area (TPSA) is 75.7 Å². The van der Waals surface area contributed by atoms with Crippen LogP contribution in [-0.2, 0) is 21.2 Å². The molecule has 1 aliphatic carbocycles. The average Bonchev–Trinajstić information content (AvgIpc) is 3.07. The fourth-order valence-corrected chi connectivity index (χ4v) is 6.13. The van der Waals surface area contributed by atoms with E-state index in [1.54, 1.807) is 17.0 Å². The van der Waals surface area contributed by atoms with Crippen LogP contribution in [0.3, 0.4) is 0 Å². The van der Waals surface area contributed by atoms with Crippen LogP contribution < -0.4 is 14.4 Å². The summed E-state index contributed by atoms with van der Waals surface area (Å²) in [5.41, 5.74) is 2.05. The second kappa shape index (κ2) is 9.30. The van der Waals surface area contributed by atoms with Gasteiger partial charge in [-0.2, -0.15) is 0 Å². The Kier molecular flexibility index (Phi) is 6.69. The molecular weight excluding hydrogens is 480 g/mol. The number of hydrogen-bond donors (Lipinski definition) is 1. The minimum atomic E-state index is -3.55. The van der Waals surface area contributed by atoms with Crippen LogP contribution in [0, 0.1) is 0 Å². The molecule has 31 heavy (non-hydrogen) atoms. The lowest BCUT2D eigenvalue weighted by atomic mass is 9.96. The molecule has 1 aliphatic heterocycles. The van der Waals surface area contributed by atoms with E-state index in [0.717, 1.165) is 47.8 Å². The average molecular weight is 507 g/mol. The van der Waals surface area contributed by atoms with Gasteiger partial charge in [0, 0.05) is 22.2 Å². The molecule has 1 saturated carbocycles. The third-order valence-corrected chi connectivity index (χ3v) is 7.98. The van der Waals surface area contributed by atoms with Crippen LogP contribution >= 0.6 is 15.9 Å². The summed E-state index contributed by atoms with van der Waals surface area (Å²) >= 11 is 3.47. The Bertz CT molecular complexity index is 1050. The summed E-state index contributed by atoms with van der Waals surface area (Å²) in [6, 6.07) is 12.2. The van der Waals surface area contributed by atoms with Crippen LogP contribution in [0.4, 0.5) is 5.69 Å². The molecule has 6 nitrogen and oxygen atoms in total. The monoisotopic (exact) mass is 506 g/mol. The largest absolute Gasteiger partial charge is 0.484 e. The van der Waals surface area contributed by atoms with Gasteiger partial charge in [0.2, 0.25) is 10.0 Å². The molecule has 2 aromatic carbocycles. The van der Waals surface area contributed by atoms with E-state index in [4.69, 9.17) is 4.74 Å². The molecule has 0 radical (unpaired) electrons. The fraction of sp³-hybridized carbons (Fsp3) is 0.435. The number of sulfonamides is 1. The van der Waals surface area contributed by atoms with Crippen molar-refractivity contribution in [2.75, 3.05) is 11.5 Å². The molecular formula is C23H27BrN2O4S. The van der Waals surface area contributed by atoms with Gasteiger partial charge < -0.3 is 9.64 Å². The standard InChI is InChI=1S/C23H27BrN2O4S/c1-16-13-17-14-18(24)7-12-22(17)26(16)23(27)15-30-20-8-10-21(11-9-20)31(28,29)25-19-5-3-2-4-6-19/h7-12,14,16,19,25H,2-6,13,15H2,1H3/t16-/m0/s1. The molecule has 1 fully saturated rings. The zero-order chi connectivity index (χ0) is 22.0. The molecule has 0 unspecified atom stereocenters. The first kappa shape index (κ1) is 22.3. The first-order valence-electron chi connectivity index (χ1n) is 10.7. The van der Waals surface area contributed by atoms with Gasteiger partial charge in [0.25, 0.3) is 5.91 Å². The van der Waals surface area contributed by atoms with E-state index < -0.39 is 10.0 Å². The van der Waals surface area contributed by atoms with Crippen LogP contribution in [0.2, 0.25) is 0 Å². The van der Waals surface area contributed by atoms with E-state index >= 15 is 0 Å². The highest BCUT2D eigenvalue weighted by molar-refractivity contribution is 9.10. The van der Waals surface area contributed by atoms with E-state index in [9.17, 15) is 13.2 Å². The van der Waals surface area contributed by atoms with Crippen LogP contribution in [0.5, 0.6) is 5.75 Å². The van der Waals surface area contributed by atoms with Gasteiger partial charge in [0.05, 0.1) is 4.90 Å². The molecule has 0 aromatic heterocycles. The van der Waals surface area contributed by atoms with Crippen molar-refractivity contribution in [2.45, 2.75) is 62.4 Å². The number of ether oxygens (including phenoxy) is 1. The molecule has 1 amide bonds. The quantitative estimate of drug-likeness (QED) is 0.629. The smallest absolute Gasteiger partial charge is 0.265 e. The highest BCUT2D eigenvalue weighted by atomic mass is 79.9. The first-order chi connectivity index (χ1) is 14.8. The van der Waals surface area contributed by atoms with E-state index in [0.29, 0.717) is 5.75 Å².